The van der Waals surface area contributed by atoms with Crippen LogP contribution in [-0.2, 0) is 9.47 Å². The summed E-state index contributed by atoms with van der Waals surface area (Å²) in [6, 6.07) is 0. The van der Waals surface area contributed by atoms with Crippen molar-refractivity contribution >= 4 is 22.8 Å². The first-order valence-corrected chi connectivity index (χ1v) is 6.61. The Kier molecular flexibility index (Phi) is 3.31. The summed E-state index contributed by atoms with van der Waals surface area (Å²) in [7, 11) is 0. The molecule has 96 valence electrons. The average molecular weight is 268 g/mol. The molecule has 2 aromatic rings. The van der Waals surface area contributed by atoms with E-state index in [0.29, 0.717) is 29.4 Å². The number of fused-ring (bicyclic) bond motifs is 1. The quantitative estimate of drug-likeness (QED) is 0.619. The van der Waals surface area contributed by atoms with Crippen molar-refractivity contribution in [2.24, 2.45) is 0 Å². The van der Waals surface area contributed by atoms with E-state index in [1.807, 2.05) is 0 Å². The Morgan fingerprint density at radius 3 is 3.11 bits per heavy atom. The maximum absolute atomic E-state index is 11.7. The van der Waals surface area contributed by atoms with Crippen LogP contribution in [-0.4, -0.2) is 45.4 Å². The van der Waals surface area contributed by atoms with E-state index in [2.05, 4.69) is 20.2 Å². The molecule has 0 spiro atoms. The summed E-state index contributed by atoms with van der Waals surface area (Å²) in [4.78, 5) is 18.6. The summed E-state index contributed by atoms with van der Waals surface area (Å²) in [5.74, 6) is 0.771. The van der Waals surface area contributed by atoms with E-state index in [9.17, 15) is 4.79 Å². The van der Waals surface area contributed by atoms with Crippen LogP contribution in [0.5, 0.6) is 0 Å². The normalized spacial score (nSPS) is 16.7. The highest BCUT2D eigenvalue weighted by Gasteiger charge is 2.15. The standard InChI is InChI=1S/C10H12N4O3S/c15-9-6-5-11-14-8(6)12-10(13-9)18-4-1-7-16-2-3-17-7/h5,7H,1-4H2,(H2,11,12,13,14,15). The van der Waals surface area contributed by atoms with Gasteiger partial charge in [-0.2, -0.15) is 5.10 Å². The summed E-state index contributed by atoms with van der Waals surface area (Å²) in [5.41, 5.74) is 0.333. The predicted molar refractivity (Wildman–Crippen MR) is 65.5 cm³/mol. The van der Waals surface area contributed by atoms with Crippen LogP contribution in [0.1, 0.15) is 6.42 Å². The fourth-order valence-corrected chi connectivity index (χ4v) is 2.54. The minimum Gasteiger partial charge on any atom is -0.350 e. The molecule has 3 rings (SSSR count). The summed E-state index contributed by atoms with van der Waals surface area (Å²) >= 11 is 1.47. The van der Waals surface area contributed by atoms with Crippen molar-refractivity contribution in [1.29, 1.82) is 0 Å². The van der Waals surface area contributed by atoms with Crippen LogP contribution in [0.15, 0.2) is 16.1 Å². The van der Waals surface area contributed by atoms with Crippen LogP contribution in [0.4, 0.5) is 0 Å². The van der Waals surface area contributed by atoms with Crippen molar-refractivity contribution < 1.29 is 9.47 Å². The van der Waals surface area contributed by atoms with Crippen molar-refractivity contribution in [2.75, 3.05) is 19.0 Å². The van der Waals surface area contributed by atoms with Gasteiger partial charge in [0.2, 0.25) is 0 Å². The molecule has 0 saturated carbocycles. The Morgan fingerprint density at radius 2 is 2.28 bits per heavy atom. The van der Waals surface area contributed by atoms with Crippen molar-refractivity contribution in [2.45, 2.75) is 17.9 Å². The lowest BCUT2D eigenvalue weighted by molar-refractivity contribution is -0.0421. The van der Waals surface area contributed by atoms with Gasteiger partial charge < -0.3 is 14.5 Å². The number of nitrogens with one attached hydrogen (secondary N) is 2. The molecule has 1 saturated heterocycles. The third-order valence-corrected chi connectivity index (χ3v) is 3.49. The first kappa shape index (κ1) is 11.7. The number of thioether (sulfide) groups is 1. The lowest BCUT2D eigenvalue weighted by Gasteiger charge is -2.07. The molecule has 1 aliphatic rings. The second-order valence-electron chi connectivity index (χ2n) is 3.81. The molecule has 18 heavy (non-hydrogen) atoms. The van der Waals surface area contributed by atoms with Crippen molar-refractivity contribution in [1.82, 2.24) is 20.2 Å². The molecule has 7 nitrogen and oxygen atoms in total. The van der Waals surface area contributed by atoms with Crippen LogP contribution in [0.25, 0.3) is 11.0 Å². The SMILES string of the molecule is O=c1[nH]c(SCCC2OCCO2)nc2[nH]ncc12. The largest absolute Gasteiger partial charge is 0.350 e. The highest BCUT2D eigenvalue weighted by atomic mass is 32.2. The smallest absolute Gasteiger partial charge is 0.262 e. The monoisotopic (exact) mass is 268 g/mol. The molecule has 0 aromatic carbocycles. The van der Waals surface area contributed by atoms with Gasteiger partial charge in [-0.3, -0.25) is 9.89 Å². The molecule has 3 heterocycles. The number of ether oxygens (including phenoxy) is 2. The molecule has 8 heteroatoms. The van der Waals surface area contributed by atoms with E-state index in [-0.39, 0.29) is 11.8 Å². The lowest BCUT2D eigenvalue weighted by atomic mass is 10.4. The van der Waals surface area contributed by atoms with E-state index in [0.717, 1.165) is 12.2 Å². The third kappa shape index (κ3) is 2.40. The van der Waals surface area contributed by atoms with Gasteiger partial charge in [0.25, 0.3) is 5.56 Å². The summed E-state index contributed by atoms with van der Waals surface area (Å²) in [5, 5.41) is 7.53. The maximum atomic E-state index is 11.7. The van der Waals surface area contributed by atoms with Crippen LogP contribution in [0.3, 0.4) is 0 Å². The first-order valence-electron chi connectivity index (χ1n) is 5.62. The van der Waals surface area contributed by atoms with Gasteiger partial charge in [0, 0.05) is 12.2 Å². The molecule has 1 fully saturated rings. The highest BCUT2D eigenvalue weighted by Crippen LogP contribution is 2.17. The summed E-state index contributed by atoms with van der Waals surface area (Å²) < 4.78 is 10.7. The zero-order valence-corrected chi connectivity index (χ0v) is 10.3. The van der Waals surface area contributed by atoms with E-state index in [1.165, 1.54) is 18.0 Å². The Morgan fingerprint density at radius 1 is 1.44 bits per heavy atom. The minimum absolute atomic E-state index is 0.125. The number of aromatic nitrogens is 4. The molecule has 0 atom stereocenters. The number of H-pyrrole nitrogens is 2. The van der Waals surface area contributed by atoms with Gasteiger partial charge in [-0.15, -0.1) is 0 Å². The molecule has 0 radical (unpaired) electrons. The Bertz CT molecular complexity index is 590. The van der Waals surface area contributed by atoms with Gasteiger partial charge in [-0.05, 0) is 0 Å². The lowest BCUT2D eigenvalue weighted by Crippen LogP contribution is -2.10. The zero-order chi connectivity index (χ0) is 12.4. The van der Waals surface area contributed by atoms with Crippen LogP contribution < -0.4 is 5.56 Å². The molecular formula is C10H12N4O3S. The van der Waals surface area contributed by atoms with Gasteiger partial charge in [-0.1, -0.05) is 11.8 Å². The molecule has 0 unspecified atom stereocenters. The zero-order valence-electron chi connectivity index (χ0n) is 9.51. The van der Waals surface area contributed by atoms with Crippen LogP contribution in [0.2, 0.25) is 0 Å². The Hall–Kier alpha value is -1.38. The van der Waals surface area contributed by atoms with Crippen molar-refractivity contribution in [3.63, 3.8) is 0 Å². The van der Waals surface area contributed by atoms with E-state index in [4.69, 9.17) is 9.47 Å². The number of nitrogens with zero attached hydrogens (tertiary/aromatic N) is 2. The molecule has 1 aliphatic heterocycles. The number of hydrogen-bond donors (Lipinski definition) is 2. The second-order valence-corrected chi connectivity index (χ2v) is 4.90. The Labute approximate surface area is 106 Å². The average Bonchev–Trinajstić information content (AvgIpc) is 2.99. The maximum Gasteiger partial charge on any atom is 0.262 e. The van der Waals surface area contributed by atoms with E-state index in [1.54, 1.807) is 0 Å². The minimum atomic E-state index is -0.176. The van der Waals surface area contributed by atoms with Crippen LogP contribution >= 0.6 is 11.8 Å². The van der Waals surface area contributed by atoms with Crippen molar-refractivity contribution in [3.8, 4) is 0 Å². The summed E-state index contributed by atoms with van der Waals surface area (Å²) in [6.45, 7) is 1.31. The van der Waals surface area contributed by atoms with Crippen molar-refractivity contribution in [3.05, 3.63) is 16.6 Å². The van der Waals surface area contributed by atoms with Gasteiger partial charge >= 0.3 is 0 Å². The number of aromatic amines is 2. The van der Waals surface area contributed by atoms with Gasteiger partial charge in [0.05, 0.1) is 19.4 Å². The molecular weight excluding hydrogens is 256 g/mol. The van der Waals surface area contributed by atoms with Gasteiger partial charge in [0.15, 0.2) is 17.1 Å². The molecule has 0 bridgehead atoms. The highest BCUT2D eigenvalue weighted by molar-refractivity contribution is 7.99. The predicted octanol–water partition coefficient (Wildman–Crippen LogP) is 0.501. The summed E-state index contributed by atoms with van der Waals surface area (Å²) in [6.07, 6.45) is 2.12. The molecule has 0 aliphatic carbocycles. The van der Waals surface area contributed by atoms with Gasteiger partial charge in [-0.25, -0.2) is 4.98 Å². The number of hydrogen-bond acceptors (Lipinski definition) is 6. The topological polar surface area (TPSA) is 92.9 Å². The molecule has 2 N–H and O–H groups in total. The first-order chi connectivity index (χ1) is 8.83. The Balaban J connectivity index is 1.65. The van der Waals surface area contributed by atoms with E-state index < -0.39 is 0 Å². The van der Waals surface area contributed by atoms with Gasteiger partial charge in [0.1, 0.15) is 5.39 Å². The van der Waals surface area contributed by atoms with Crippen LogP contribution in [0, 0.1) is 0 Å². The fourth-order valence-electron chi connectivity index (χ4n) is 1.72. The molecule has 2 aromatic heterocycles. The second kappa shape index (κ2) is 5.09. The third-order valence-electron chi connectivity index (χ3n) is 2.58. The van der Waals surface area contributed by atoms with E-state index >= 15 is 0 Å². The molecule has 0 amide bonds. The number of rotatable bonds is 4. The fraction of sp³-hybridized carbons (Fsp3) is 0.500.